The van der Waals surface area contributed by atoms with Crippen LogP contribution in [0.25, 0.3) is 0 Å². The Kier molecular flexibility index (Phi) is 4.20. The lowest BCUT2D eigenvalue weighted by Gasteiger charge is -2.08. The van der Waals surface area contributed by atoms with Crippen LogP contribution in [0.2, 0.25) is 5.02 Å². The average molecular weight is 312 g/mol. The highest BCUT2D eigenvalue weighted by Crippen LogP contribution is 2.24. The van der Waals surface area contributed by atoms with Crippen LogP contribution in [0.4, 0.5) is 5.69 Å². The number of hydrogen-bond acceptors (Lipinski definition) is 4. The summed E-state index contributed by atoms with van der Waals surface area (Å²) in [7, 11) is -1.95. The van der Waals surface area contributed by atoms with Crippen LogP contribution >= 0.6 is 11.6 Å². The van der Waals surface area contributed by atoms with Crippen molar-refractivity contribution in [3.05, 3.63) is 53.1 Å². The summed E-state index contributed by atoms with van der Waals surface area (Å²) in [6.45, 7) is 0. The normalized spacial score (nSPS) is 11.3. The maximum absolute atomic E-state index is 12.3. The Morgan fingerprint density at radius 2 is 1.80 bits per heavy atom. The van der Waals surface area contributed by atoms with Crippen LogP contribution in [-0.2, 0) is 15.6 Å². The van der Waals surface area contributed by atoms with Crippen LogP contribution in [0.1, 0.15) is 5.56 Å². The SMILES string of the molecule is COc1ccc(S(=O)(=O)Cc2cc(Cl)ccc2N)cc1. The van der Waals surface area contributed by atoms with E-state index in [1.54, 1.807) is 30.3 Å². The molecule has 0 radical (unpaired) electrons. The molecule has 0 aliphatic heterocycles. The minimum Gasteiger partial charge on any atom is -0.497 e. The van der Waals surface area contributed by atoms with Gasteiger partial charge in [0.1, 0.15) is 5.75 Å². The molecule has 106 valence electrons. The van der Waals surface area contributed by atoms with Gasteiger partial charge in [-0.3, -0.25) is 0 Å². The zero-order valence-corrected chi connectivity index (χ0v) is 12.4. The molecule has 0 saturated carbocycles. The third-order valence-electron chi connectivity index (χ3n) is 2.87. The molecular formula is C14H14ClNO3S. The Morgan fingerprint density at radius 1 is 1.15 bits per heavy atom. The zero-order chi connectivity index (χ0) is 14.8. The van der Waals surface area contributed by atoms with Gasteiger partial charge in [-0.05, 0) is 48.0 Å². The summed E-state index contributed by atoms with van der Waals surface area (Å²) in [4.78, 5) is 0.220. The summed E-state index contributed by atoms with van der Waals surface area (Å²) in [5.41, 5.74) is 6.68. The van der Waals surface area contributed by atoms with Gasteiger partial charge in [0.15, 0.2) is 9.84 Å². The van der Waals surface area contributed by atoms with E-state index in [0.29, 0.717) is 22.0 Å². The second kappa shape index (κ2) is 5.73. The lowest BCUT2D eigenvalue weighted by Crippen LogP contribution is -2.07. The molecule has 0 atom stereocenters. The molecule has 2 rings (SSSR count). The summed E-state index contributed by atoms with van der Waals surface area (Å²) in [6, 6.07) is 11.0. The number of hydrogen-bond donors (Lipinski definition) is 1. The summed E-state index contributed by atoms with van der Waals surface area (Å²) in [6.07, 6.45) is 0. The molecule has 0 saturated heterocycles. The third-order valence-corrected chi connectivity index (χ3v) is 4.79. The van der Waals surface area contributed by atoms with E-state index in [0.717, 1.165) is 0 Å². The number of ether oxygens (including phenoxy) is 1. The Bertz CT molecular complexity index is 712. The van der Waals surface area contributed by atoms with Crippen LogP contribution in [0.15, 0.2) is 47.4 Å². The molecule has 4 nitrogen and oxygen atoms in total. The molecule has 0 aliphatic rings. The summed E-state index contributed by atoms with van der Waals surface area (Å²) in [5.74, 6) is 0.414. The highest BCUT2D eigenvalue weighted by atomic mass is 35.5. The van der Waals surface area contributed by atoms with Crippen molar-refractivity contribution in [3.8, 4) is 5.75 Å². The molecule has 0 aliphatic carbocycles. The van der Waals surface area contributed by atoms with E-state index >= 15 is 0 Å². The van der Waals surface area contributed by atoms with Gasteiger partial charge in [-0.2, -0.15) is 0 Å². The number of sulfone groups is 1. The summed E-state index contributed by atoms with van der Waals surface area (Å²) >= 11 is 5.86. The Balaban J connectivity index is 2.32. The van der Waals surface area contributed by atoms with Gasteiger partial charge in [-0.15, -0.1) is 0 Å². The van der Waals surface area contributed by atoms with Crippen molar-refractivity contribution in [2.24, 2.45) is 0 Å². The van der Waals surface area contributed by atoms with Gasteiger partial charge in [0, 0.05) is 10.7 Å². The molecular weight excluding hydrogens is 298 g/mol. The highest BCUT2D eigenvalue weighted by molar-refractivity contribution is 7.90. The molecule has 2 N–H and O–H groups in total. The highest BCUT2D eigenvalue weighted by Gasteiger charge is 2.17. The van der Waals surface area contributed by atoms with Crippen molar-refractivity contribution in [1.82, 2.24) is 0 Å². The largest absolute Gasteiger partial charge is 0.497 e. The van der Waals surface area contributed by atoms with Crippen molar-refractivity contribution in [3.63, 3.8) is 0 Å². The van der Waals surface area contributed by atoms with E-state index in [1.165, 1.54) is 19.2 Å². The minimum absolute atomic E-state index is 0.189. The van der Waals surface area contributed by atoms with Gasteiger partial charge in [-0.1, -0.05) is 11.6 Å². The second-order valence-electron chi connectivity index (χ2n) is 4.28. The predicted molar refractivity (Wildman–Crippen MR) is 79.7 cm³/mol. The van der Waals surface area contributed by atoms with Crippen LogP contribution in [0, 0.1) is 0 Å². The fraction of sp³-hybridized carbons (Fsp3) is 0.143. The zero-order valence-electron chi connectivity index (χ0n) is 10.8. The van der Waals surface area contributed by atoms with Gasteiger partial charge in [0.2, 0.25) is 0 Å². The van der Waals surface area contributed by atoms with Crippen LogP contribution in [0.5, 0.6) is 5.75 Å². The maximum Gasteiger partial charge on any atom is 0.182 e. The van der Waals surface area contributed by atoms with Gasteiger partial charge in [-0.25, -0.2) is 8.42 Å². The first-order chi connectivity index (χ1) is 9.42. The van der Waals surface area contributed by atoms with E-state index in [4.69, 9.17) is 22.1 Å². The smallest absolute Gasteiger partial charge is 0.182 e. The number of nitrogen functional groups attached to an aromatic ring is 1. The summed E-state index contributed by atoms with van der Waals surface area (Å²) < 4.78 is 29.7. The number of rotatable bonds is 4. The maximum atomic E-state index is 12.3. The standard InChI is InChI=1S/C14H14ClNO3S/c1-19-12-3-5-13(6-4-12)20(17,18)9-10-8-11(15)2-7-14(10)16/h2-8H,9,16H2,1H3. The molecule has 0 spiro atoms. The van der Waals surface area contributed by atoms with Crippen LogP contribution in [0.3, 0.4) is 0 Å². The lowest BCUT2D eigenvalue weighted by atomic mass is 10.2. The van der Waals surface area contributed by atoms with Gasteiger partial charge in [0.25, 0.3) is 0 Å². The Hall–Kier alpha value is -1.72. The van der Waals surface area contributed by atoms with E-state index in [-0.39, 0.29) is 10.6 Å². The molecule has 2 aromatic carbocycles. The van der Waals surface area contributed by atoms with Crippen molar-refractivity contribution in [2.75, 3.05) is 12.8 Å². The summed E-state index contributed by atoms with van der Waals surface area (Å²) in [5, 5.41) is 0.458. The topological polar surface area (TPSA) is 69.4 Å². The Labute approximate surface area is 123 Å². The number of methoxy groups -OCH3 is 1. The molecule has 0 bridgehead atoms. The van der Waals surface area contributed by atoms with Crippen molar-refractivity contribution in [1.29, 1.82) is 0 Å². The molecule has 0 unspecified atom stereocenters. The number of benzene rings is 2. The molecule has 0 fully saturated rings. The molecule has 20 heavy (non-hydrogen) atoms. The number of halogens is 1. The quantitative estimate of drug-likeness (QED) is 0.881. The fourth-order valence-corrected chi connectivity index (χ4v) is 3.34. The van der Waals surface area contributed by atoms with Crippen molar-refractivity contribution >= 4 is 27.1 Å². The second-order valence-corrected chi connectivity index (χ2v) is 6.70. The van der Waals surface area contributed by atoms with Gasteiger partial charge < -0.3 is 10.5 Å². The van der Waals surface area contributed by atoms with Gasteiger partial charge >= 0.3 is 0 Å². The van der Waals surface area contributed by atoms with E-state index < -0.39 is 9.84 Å². The first-order valence-electron chi connectivity index (χ1n) is 5.83. The minimum atomic E-state index is -3.47. The molecule has 2 aromatic rings. The van der Waals surface area contributed by atoms with E-state index in [1.807, 2.05) is 0 Å². The van der Waals surface area contributed by atoms with E-state index in [2.05, 4.69) is 0 Å². The first-order valence-corrected chi connectivity index (χ1v) is 7.86. The van der Waals surface area contributed by atoms with Crippen molar-refractivity contribution < 1.29 is 13.2 Å². The van der Waals surface area contributed by atoms with E-state index in [9.17, 15) is 8.42 Å². The number of anilines is 1. The van der Waals surface area contributed by atoms with Crippen molar-refractivity contribution in [2.45, 2.75) is 10.6 Å². The molecule has 0 amide bonds. The number of nitrogens with two attached hydrogens (primary N) is 1. The Morgan fingerprint density at radius 3 is 2.40 bits per heavy atom. The van der Waals surface area contributed by atoms with Crippen LogP contribution in [-0.4, -0.2) is 15.5 Å². The fourth-order valence-electron chi connectivity index (χ4n) is 1.77. The predicted octanol–water partition coefficient (Wildman–Crippen LogP) is 2.90. The first kappa shape index (κ1) is 14.7. The molecule has 6 heteroatoms. The monoisotopic (exact) mass is 311 g/mol. The molecule has 0 aromatic heterocycles. The van der Waals surface area contributed by atoms with Gasteiger partial charge in [0.05, 0.1) is 17.8 Å². The lowest BCUT2D eigenvalue weighted by molar-refractivity contribution is 0.414. The average Bonchev–Trinajstić information content (AvgIpc) is 2.43. The molecule has 0 heterocycles. The van der Waals surface area contributed by atoms with Crippen LogP contribution < -0.4 is 10.5 Å². The third kappa shape index (κ3) is 3.23.